The molecule has 3 rings (SSSR count). The van der Waals surface area contributed by atoms with Crippen LogP contribution in [0, 0.1) is 0 Å². The molecule has 0 unspecified atom stereocenters. The van der Waals surface area contributed by atoms with E-state index in [9.17, 15) is 4.79 Å². The van der Waals surface area contributed by atoms with E-state index >= 15 is 0 Å². The van der Waals surface area contributed by atoms with Gasteiger partial charge < -0.3 is 4.74 Å². The Morgan fingerprint density at radius 2 is 2.33 bits per heavy atom. The van der Waals surface area contributed by atoms with Crippen molar-refractivity contribution in [1.29, 1.82) is 0 Å². The molecule has 1 aliphatic carbocycles. The zero-order valence-electron chi connectivity index (χ0n) is 9.79. The molecule has 0 saturated carbocycles. The lowest BCUT2D eigenvalue weighted by Crippen LogP contribution is -2.07. The molecule has 0 atom stereocenters. The van der Waals surface area contributed by atoms with Gasteiger partial charge in [0.1, 0.15) is 5.69 Å². The number of halogens is 1. The summed E-state index contributed by atoms with van der Waals surface area (Å²) in [5, 5.41) is 7.02. The summed E-state index contributed by atoms with van der Waals surface area (Å²) in [7, 11) is 0. The molecule has 0 saturated heterocycles. The van der Waals surface area contributed by atoms with E-state index in [2.05, 4.69) is 26.1 Å². The molecule has 2 aromatic rings. The molecule has 0 radical (unpaired) electrons. The Kier molecular flexibility index (Phi) is 2.70. The molecular weight excluding hydrogens is 296 g/mol. The maximum atomic E-state index is 11.8. The third-order valence-electron chi connectivity index (χ3n) is 3.07. The molecule has 4 nitrogen and oxygen atoms in total. The molecule has 1 heterocycles. The summed E-state index contributed by atoms with van der Waals surface area (Å²) in [4.78, 5) is 11.8. The van der Waals surface area contributed by atoms with Gasteiger partial charge in [0.05, 0.1) is 12.3 Å². The van der Waals surface area contributed by atoms with Gasteiger partial charge in [0.2, 0.25) is 0 Å². The van der Waals surface area contributed by atoms with Crippen molar-refractivity contribution >= 4 is 21.9 Å². The average molecular weight is 307 g/mol. The van der Waals surface area contributed by atoms with Gasteiger partial charge in [0.25, 0.3) is 0 Å². The fourth-order valence-electron chi connectivity index (χ4n) is 2.27. The molecule has 0 bridgehead atoms. The fraction of sp³-hybridized carbons (Fsp3) is 0.231. The number of aromatic nitrogens is 2. The van der Waals surface area contributed by atoms with Crippen molar-refractivity contribution in [2.45, 2.75) is 13.3 Å². The van der Waals surface area contributed by atoms with Crippen LogP contribution >= 0.6 is 15.9 Å². The number of H-pyrrole nitrogens is 1. The van der Waals surface area contributed by atoms with E-state index in [0.717, 1.165) is 21.3 Å². The van der Waals surface area contributed by atoms with Crippen LogP contribution in [0.25, 0.3) is 11.3 Å². The maximum Gasteiger partial charge on any atom is 0.356 e. The van der Waals surface area contributed by atoms with E-state index in [1.165, 1.54) is 5.56 Å². The number of hydrogen-bond donors (Lipinski definition) is 1. The Hall–Kier alpha value is -1.62. The highest BCUT2D eigenvalue weighted by Gasteiger charge is 2.29. The van der Waals surface area contributed by atoms with Gasteiger partial charge in [-0.05, 0) is 18.6 Å². The van der Waals surface area contributed by atoms with E-state index in [0.29, 0.717) is 18.7 Å². The summed E-state index contributed by atoms with van der Waals surface area (Å²) in [6.07, 6.45) is 0.705. The Morgan fingerprint density at radius 1 is 1.50 bits per heavy atom. The van der Waals surface area contributed by atoms with Crippen LogP contribution in [0.4, 0.5) is 0 Å². The van der Waals surface area contributed by atoms with Crippen LogP contribution in [0.1, 0.15) is 28.5 Å². The Labute approximate surface area is 112 Å². The minimum atomic E-state index is -0.338. The zero-order valence-corrected chi connectivity index (χ0v) is 11.4. The van der Waals surface area contributed by atoms with Gasteiger partial charge in [-0.25, -0.2) is 4.79 Å². The maximum absolute atomic E-state index is 11.8. The first-order valence-electron chi connectivity index (χ1n) is 5.74. The normalized spacial score (nSPS) is 12.1. The van der Waals surface area contributed by atoms with Gasteiger partial charge in [0, 0.05) is 22.0 Å². The Bertz CT molecular complexity index is 634. The van der Waals surface area contributed by atoms with E-state index in [-0.39, 0.29) is 5.97 Å². The third-order valence-corrected chi connectivity index (χ3v) is 3.82. The van der Waals surface area contributed by atoms with Gasteiger partial charge in [-0.2, -0.15) is 5.10 Å². The number of rotatable bonds is 2. The standard InChI is InChI=1S/C13H11BrN2O2/c1-2-18-13(17)12-9-6-8-7(11(9)15-16-12)4-3-5-10(8)14/h3-5H,2,6H2,1H3,(H,15,16). The first kappa shape index (κ1) is 11.5. The number of carbonyl (C=O) groups excluding carboxylic acids is 1. The van der Waals surface area contributed by atoms with Crippen molar-refractivity contribution in [3.8, 4) is 11.3 Å². The Balaban J connectivity index is 2.08. The molecule has 1 aromatic heterocycles. The first-order valence-corrected chi connectivity index (χ1v) is 6.53. The fourth-order valence-corrected chi connectivity index (χ4v) is 2.78. The zero-order chi connectivity index (χ0) is 12.7. The summed E-state index contributed by atoms with van der Waals surface area (Å²) in [6, 6.07) is 5.98. The predicted molar refractivity (Wildman–Crippen MR) is 70.5 cm³/mol. The van der Waals surface area contributed by atoms with Crippen molar-refractivity contribution in [2.24, 2.45) is 0 Å². The van der Waals surface area contributed by atoms with Crippen molar-refractivity contribution in [1.82, 2.24) is 10.2 Å². The predicted octanol–water partition coefficient (Wildman–Crippen LogP) is 2.92. The highest BCUT2D eigenvalue weighted by atomic mass is 79.9. The largest absolute Gasteiger partial charge is 0.461 e. The molecule has 0 fully saturated rings. The summed E-state index contributed by atoms with van der Waals surface area (Å²) in [6.45, 7) is 2.16. The molecule has 18 heavy (non-hydrogen) atoms. The van der Waals surface area contributed by atoms with Crippen molar-refractivity contribution in [2.75, 3.05) is 6.61 Å². The van der Waals surface area contributed by atoms with Gasteiger partial charge in [-0.3, -0.25) is 5.10 Å². The van der Waals surface area contributed by atoms with Crippen molar-refractivity contribution < 1.29 is 9.53 Å². The van der Waals surface area contributed by atoms with Crippen LogP contribution in [0.3, 0.4) is 0 Å². The van der Waals surface area contributed by atoms with Gasteiger partial charge in [-0.15, -0.1) is 0 Å². The molecular formula is C13H11BrN2O2. The average Bonchev–Trinajstić information content (AvgIpc) is 2.89. The molecule has 1 aliphatic rings. The number of benzene rings is 1. The van der Waals surface area contributed by atoms with Gasteiger partial charge in [0.15, 0.2) is 0 Å². The van der Waals surface area contributed by atoms with E-state index in [1.807, 2.05) is 18.2 Å². The highest BCUT2D eigenvalue weighted by molar-refractivity contribution is 9.10. The van der Waals surface area contributed by atoms with Crippen LogP contribution < -0.4 is 0 Å². The SMILES string of the molecule is CCOC(=O)c1[nH]nc2c1Cc1c(Br)cccc1-2. The second-order valence-electron chi connectivity index (χ2n) is 4.09. The number of fused-ring (bicyclic) bond motifs is 3. The molecule has 1 N–H and O–H groups in total. The number of hydrogen-bond acceptors (Lipinski definition) is 3. The summed E-state index contributed by atoms with van der Waals surface area (Å²) < 4.78 is 6.07. The number of aromatic amines is 1. The molecule has 0 amide bonds. The second-order valence-corrected chi connectivity index (χ2v) is 4.94. The summed E-state index contributed by atoms with van der Waals surface area (Å²) >= 11 is 3.53. The van der Waals surface area contributed by atoms with Crippen LogP contribution in [0.2, 0.25) is 0 Å². The topological polar surface area (TPSA) is 55.0 Å². The molecule has 0 aliphatic heterocycles. The number of nitrogens with one attached hydrogen (secondary N) is 1. The van der Waals surface area contributed by atoms with Crippen LogP contribution in [-0.4, -0.2) is 22.8 Å². The van der Waals surface area contributed by atoms with Crippen LogP contribution in [0.15, 0.2) is 22.7 Å². The van der Waals surface area contributed by atoms with Crippen molar-refractivity contribution in [3.63, 3.8) is 0 Å². The summed E-state index contributed by atoms with van der Waals surface area (Å²) in [5.41, 5.74) is 4.50. The highest BCUT2D eigenvalue weighted by Crippen LogP contribution is 2.40. The van der Waals surface area contributed by atoms with Gasteiger partial charge >= 0.3 is 5.97 Å². The van der Waals surface area contributed by atoms with E-state index < -0.39 is 0 Å². The third kappa shape index (κ3) is 1.58. The van der Waals surface area contributed by atoms with Crippen molar-refractivity contribution in [3.05, 3.63) is 39.5 Å². The lowest BCUT2D eigenvalue weighted by molar-refractivity contribution is 0.0518. The quantitative estimate of drug-likeness (QED) is 0.741. The number of esters is 1. The lowest BCUT2D eigenvalue weighted by Gasteiger charge is -2.02. The lowest BCUT2D eigenvalue weighted by atomic mass is 10.1. The van der Waals surface area contributed by atoms with Crippen LogP contribution in [0.5, 0.6) is 0 Å². The second kappa shape index (κ2) is 4.24. The first-order chi connectivity index (χ1) is 8.72. The minimum absolute atomic E-state index is 0.338. The summed E-state index contributed by atoms with van der Waals surface area (Å²) in [5.74, 6) is -0.338. The number of carbonyl (C=O) groups is 1. The minimum Gasteiger partial charge on any atom is -0.461 e. The molecule has 1 aromatic carbocycles. The number of nitrogens with zero attached hydrogens (tertiary/aromatic N) is 1. The molecule has 92 valence electrons. The Morgan fingerprint density at radius 3 is 3.11 bits per heavy atom. The van der Waals surface area contributed by atoms with Gasteiger partial charge in [-0.1, -0.05) is 28.1 Å². The molecule has 0 spiro atoms. The van der Waals surface area contributed by atoms with Crippen LogP contribution in [-0.2, 0) is 11.2 Å². The smallest absolute Gasteiger partial charge is 0.356 e. The van der Waals surface area contributed by atoms with E-state index in [4.69, 9.17) is 4.74 Å². The molecule has 5 heteroatoms. The van der Waals surface area contributed by atoms with E-state index in [1.54, 1.807) is 6.92 Å². The number of ether oxygens (including phenoxy) is 1. The monoisotopic (exact) mass is 306 g/mol.